The maximum Gasteiger partial charge on any atom is 0.453 e. The van der Waals surface area contributed by atoms with Crippen LogP contribution >= 0.6 is 0 Å². The van der Waals surface area contributed by atoms with Crippen molar-refractivity contribution < 1.29 is 9.31 Å². The highest BCUT2D eigenvalue weighted by Crippen LogP contribution is 2.07. The molecule has 0 radical (unpaired) electrons. The Balaban J connectivity index is 2.23. The molecule has 8 heavy (non-hydrogen) atoms. The zero-order chi connectivity index (χ0) is 5.98. The van der Waals surface area contributed by atoms with Gasteiger partial charge in [0.25, 0.3) is 0 Å². The zero-order valence-electron chi connectivity index (χ0n) is 5.39. The molecule has 0 aromatic heterocycles. The van der Waals surface area contributed by atoms with Gasteiger partial charge in [-0.1, -0.05) is 0 Å². The van der Waals surface area contributed by atoms with Crippen LogP contribution in [0.3, 0.4) is 0 Å². The number of hydrogen-bond acceptors (Lipinski definition) is 2. The molecule has 0 aromatic carbocycles. The van der Waals surface area contributed by atoms with Crippen molar-refractivity contribution in [1.82, 2.24) is 0 Å². The van der Waals surface area contributed by atoms with Gasteiger partial charge in [-0.05, 0) is 20.2 Å². The molecule has 1 atom stereocenters. The molecule has 0 amide bonds. The molecule has 46 valence electrons. The average Bonchev–Trinajstić information content (AvgIpc) is 1.64. The quantitative estimate of drug-likeness (QED) is 0.436. The zero-order valence-corrected chi connectivity index (χ0v) is 5.39. The first-order valence-electron chi connectivity index (χ1n) is 3.06. The van der Waals surface area contributed by atoms with Gasteiger partial charge in [0.15, 0.2) is 0 Å². The van der Waals surface area contributed by atoms with Crippen LogP contribution in [0.4, 0.5) is 0 Å². The first kappa shape index (κ1) is 6.11. The fourth-order valence-electron chi connectivity index (χ4n) is 0.834. The summed E-state index contributed by atoms with van der Waals surface area (Å²) in [7, 11) is 0.0127. The molecule has 0 aliphatic carbocycles. The maximum absolute atomic E-state index is 5.26. The summed E-state index contributed by atoms with van der Waals surface area (Å²) in [6, 6.07) is 0. The monoisotopic (exact) mass is 114 g/mol. The van der Waals surface area contributed by atoms with E-state index in [1.807, 2.05) is 6.82 Å². The van der Waals surface area contributed by atoms with E-state index in [2.05, 4.69) is 6.92 Å². The Hall–Kier alpha value is -0.0151. The highest BCUT2D eigenvalue weighted by molar-refractivity contribution is 6.42. The van der Waals surface area contributed by atoms with Crippen molar-refractivity contribution in [2.75, 3.05) is 6.61 Å². The van der Waals surface area contributed by atoms with Crippen LogP contribution in [0.2, 0.25) is 6.82 Å². The largest absolute Gasteiger partial charge is 0.453 e. The molecular weight excluding hydrogens is 103 g/mol. The fourth-order valence-corrected chi connectivity index (χ4v) is 0.834. The van der Waals surface area contributed by atoms with Crippen molar-refractivity contribution >= 4 is 7.12 Å². The lowest BCUT2D eigenvalue weighted by atomic mass is 9.93. The molecule has 1 heterocycles. The van der Waals surface area contributed by atoms with Crippen LogP contribution in [-0.4, -0.2) is 19.8 Å². The second kappa shape index (κ2) is 2.51. The summed E-state index contributed by atoms with van der Waals surface area (Å²) in [5.41, 5.74) is 0. The van der Waals surface area contributed by atoms with Crippen molar-refractivity contribution in [3.05, 3.63) is 0 Å². The Morgan fingerprint density at radius 3 is 2.75 bits per heavy atom. The molecule has 0 spiro atoms. The van der Waals surface area contributed by atoms with E-state index >= 15 is 0 Å². The van der Waals surface area contributed by atoms with Crippen LogP contribution < -0.4 is 0 Å². The topological polar surface area (TPSA) is 18.5 Å². The number of hydrogen-bond donors (Lipinski definition) is 0. The van der Waals surface area contributed by atoms with E-state index in [0.29, 0.717) is 6.10 Å². The summed E-state index contributed by atoms with van der Waals surface area (Å²) in [5.74, 6) is 0. The standard InChI is InChI=1S/C5H11BO2/c1-5-3-4-7-6(2)8-5/h5H,3-4H2,1-2H3. The molecule has 0 aromatic rings. The van der Waals surface area contributed by atoms with Crippen LogP contribution in [0.25, 0.3) is 0 Å². The molecular formula is C5H11BO2. The normalized spacial score (nSPS) is 30.8. The summed E-state index contributed by atoms with van der Waals surface area (Å²) >= 11 is 0. The predicted octanol–water partition coefficient (Wildman–Crippen LogP) is 0.930. The summed E-state index contributed by atoms with van der Waals surface area (Å²) in [4.78, 5) is 0. The van der Waals surface area contributed by atoms with Crippen LogP contribution in [0, 0.1) is 0 Å². The second-order valence-electron chi connectivity index (χ2n) is 2.17. The lowest BCUT2D eigenvalue weighted by Gasteiger charge is -2.22. The SMILES string of the molecule is CB1OCCC(C)O1. The van der Waals surface area contributed by atoms with Crippen molar-refractivity contribution in [2.45, 2.75) is 26.3 Å². The molecule has 0 N–H and O–H groups in total. The van der Waals surface area contributed by atoms with Gasteiger partial charge in [0, 0.05) is 12.7 Å². The number of rotatable bonds is 0. The maximum atomic E-state index is 5.26. The van der Waals surface area contributed by atoms with Crippen LogP contribution in [0.5, 0.6) is 0 Å². The molecule has 1 rings (SSSR count). The van der Waals surface area contributed by atoms with Gasteiger partial charge >= 0.3 is 7.12 Å². The third-order valence-electron chi connectivity index (χ3n) is 1.30. The van der Waals surface area contributed by atoms with Crippen molar-refractivity contribution in [3.8, 4) is 0 Å². The van der Waals surface area contributed by atoms with E-state index < -0.39 is 0 Å². The second-order valence-corrected chi connectivity index (χ2v) is 2.17. The molecule has 1 saturated heterocycles. The van der Waals surface area contributed by atoms with Crippen LogP contribution in [0.15, 0.2) is 0 Å². The predicted molar refractivity (Wildman–Crippen MR) is 32.7 cm³/mol. The van der Waals surface area contributed by atoms with Gasteiger partial charge in [0.1, 0.15) is 0 Å². The van der Waals surface area contributed by atoms with Gasteiger partial charge in [0.05, 0.1) is 0 Å². The highest BCUT2D eigenvalue weighted by Gasteiger charge is 2.19. The molecule has 3 heteroatoms. The molecule has 1 fully saturated rings. The van der Waals surface area contributed by atoms with E-state index in [4.69, 9.17) is 9.31 Å². The minimum absolute atomic E-state index is 0.0127. The Bertz CT molecular complexity index is 68.8. The van der Waals surface area contributed by atoms with E-state index in [0.717, 1.165) is 13.0 Å². The third-order valence-corrected chi connectivity index (χ3v) is 1.30. The molecule has 2 nitrogen and oxygen atoms in total. The third kappa shape index (κ3) is 1.49. The molecule has 1 aliphatic heterocycles. The summed E-state index contributed by atoms with van der Waals surface area (Å²) in [6.45, 7) is 4.84. The molecule has 0 bridgehead atoms. The first-order valence-corrected chi connectivity index (χ1v) is 3.06. The van der Waals surface area contributed by atoms with Gasteiger partial charge in [0.2, 0.25) is 0 Å². The van der Waals surface area contributed by atoms with E-state index in [1.165, 1.54) is 0 Å². The van der Waals surface area contributed by atoms with E-state index in [9.17, 15) is 0 Å². The van der Waals surface area contributed by atoms with E-state index in [1.54, 1.807) is 0 Å². The average molecular weight is 114 g/mol. The molecule has 1 unspecified atom stereocenters. The van der Waals surface area contributed by atoms with Crippen LogP contribution in [-0.2, 0) is 9.31 Å². The summed E-state index contributed by atoms with van der Waals surface area (Å²) in [5, 5.41) is 0. The van der Waals surface area contributed by atoms with Gasteiger partial charge in [-0.3, -0.25) is 0 Å². The Kier molecular flexibility index (Phi) is 1.92. The Labute approximate surface area is 50.3 Å². The molecule has 1 aliphatic rings. The Morgan fingerprint density at radius 1 is 1.62 bits per heavy atom. The summed E-state index contributed by atoms with van der Waals surface area (Å²) < 4.78 is 10.4. The van der Waals surface area contributed by atoms with Crippen molar-refractivity contribution in [1.29, 1.82) is 0 Å². The minimum Gasteiger partial charge on any atom is -0.411 e. The lowest BCUT2D eigenvalue weighted by molar-refractivity contribution is 0.0820. The van der Waals surface area contributed by atoms with Gasteiger partial charge in [-0.15, -0.1) is 0 Å². The van der Waals surface area contributed by atoms with Gasteiger partial charge in [-0.2, -0.15) is 0 Å². The minimum atomic E-state index is 0.0127. The first-order chi connectivity index (χ1) is 3.79. The van der Waals surface area contributed by atoms with Gasteiger partial charge in [-0.25, -0.2) is 0 Å². The lowest BCUT2D eigenvalue weighted by Crippen LogP contribution is -2.31. The van der Waals surface area contributed by atoms with Gasteiger partial charge < -0.3 is 9.31 Å². The Morgan fingerprint density at radius 2 is 2.38 bits per heavy atom. The van der Waals surface area contributed by atoms with Crippen LogP contribution in [0.1, 0.15) is 13.3 Å². The van der Waals surface area contributed by atoms with Crippen molar-refractivity contribution in [3.63, 3.8) is 0 Å². The summed E-state index contributed by atoms with van der Waals surface area (Å²) in [6.07, 6.45) is 1.42. The smallest absolute Gasteiger partial charge is 0.411 e. The fraction of sp³-hybridized carbons (Fsp3) is 1.00. The van der Waals surface area contributed by atoms with Crippen molar-refractivity contribution in [2.24, 2.45) is 0 Å². The van der Waals surface area contributed by atoms with E-state index in [-0.39, 0.29) is 7.12 Å². The highest BCUT2D eigenvalue weighted by atomic mass is 16.6. The molecule has 0 saturated carbocycles.